The van der Waals surface area contributed by atoms with Crippen LogP contribution in [0, 0.1) is 11.6 Å². The fraction of sp³-hybridized carbons (Fsp3) is 0.632. The van der Waals surface area contributed by atoms with Gasteiger partial charge in [-0.2, -0.15) is 0 Å². The number of nitrogens with zero attached hydrogens (tertiary/aromatic N) is 2. The number of hydrogen-bond acceptors (Lipinski definition) is 4. The summed E-state index contributed by atoms with van der Waals surface area (Å²) >= 11 is 0. The van der Waals surface area contributed by atoms with Crippen LogP contribution in [0.3, 0.4) is 0 Å². The zero-order valence-corrected chi connectivity index (χ0v) is 15.3. The molecule has 0 bridgehead atoms. The summed E-state index contributed by atoms with van der Waals surface area (Å²) in [4.78, 5) is 16.3. The van der Waals surface area contributed by atoms with Crippen LogP contribution in [0.2, 0.25) is 0 Å². The van der Waals surface area contributed by atoms with Gasteiger partial charge in [0.05, 0.1) is 5.60 Å². The van der Waals surface area contributed by atoms with Gasteiger partial charge in [-0.15, -0.1) is 0 Å². The zero-order valence-electron chi connectivity index (χ0n) is 15.3. The fourth-order valence-corrected chi connectivity index (χ4v) is 3.77. The lowest BCUT2D eigenvalue weighted by molar-refractivity contribution is -0.149. The van der Waals surface area contributed by atoms with Crippen molar-refractivity contribution in [3.05, 3.63) is 29.8 Å². The Morgan fingerprint density at radius 2 is 2.08 bits per heavy atom. The molecule has 26 heavy (non-hydrogen) atoms. The van der Waals surface area contributed by atoms with Crippen molar-refractivity contribution in [2.24, 2.45) is 0 Å². The van der Waals surface area contributed by atoms with E-state index in [-0.39, 0.29) is 23.9 Å². The summed E-state index contributed by atoms with van der Waals surface area (Å²) in [5.41, 5.74) is -0.153. The van der Waals surface area contributed by atoms with Crippen molar-refractivity contribution in [2.75, 3.05) is 40.4 Å². The first-order valence-electron chi connectivity index (χ1n) is 9.05. The van der Waals surface area contributed by atoms with Crippen LogP contribution >= 0.6 is 0 Å². The van der Waals surface area contributed by atoms with E-state index >= 15 is 0 Å². The molecule has 1 amide bonds. The third kappa shape index (κ3) is 4.32. The number of likely N-dealkylation sites (tertiary alicyclic amines) is 1. The lowest BCUT2D eigenvalue weighted by atomic mass is 9.82. The predicted molar refractivity (Wildman–Crippen MR) is 93.1 cm³/mol. The summed E-state index contributed by atoms with van der Waals surface area (Å²) in [5.74, 6) is -1.74. The number of carbonyl (C=O) groups excluding carboxylic acids is 1. The van der Waals surface area contributed by atoms with Gasteiger partial charge in [-0.1, -0.05) is 0 Å². The Hall–Kier alpha value is -1.73. The number of amides is 1. The van der Waals surface area contributed by atoms with E-state index in [1.807, 2.05) is 0 Å². The number of piperidine rings is 1. The fourth-order valence-electron chi connectivity index (χ4n) is 3.77. The molecule has 144 valence electrons. The quantitative estimate of drug-likeness (QED) is 0.819. The van der Waals surface area contributed by atoms with Gasteiger partial charge in [0.25, 0.3) is 5.91 Å². The van der Waals surface area contributed by atoms with Crippen LogP contribution in [-0.2, 0) is 9.53 Å². The highest BCUT2D eigenvalue weighted by Crippen LogP contribution is 2.36. The van der Waals surface area contributed by atoms with Crippen molar-refractivity contribution in [3.8, 4) is 5.75 Å². The molecule has 2 aliphatic rings. The zero-order chi connectivity index (χ0) is 18.7. The SMILES string of the molecule is CN(C)C1CCOC2(CCN(C(=O)COc3cc(F)ccc3F)CC2)C1. The summed E-state index contributed by atoms with van der Waals surface area (Å²) in [6.45, 7) is 1.63. The first kappa shape index (κ1) is 19.0. The molecule has 2 saturated heterocycles. The topological polar surface area (TPSA) is 42.0 Å². The first-order chi connectivity index (χ1) is 12.4. The van der Waals surface area contributed by atoms with E-state index in [1.165, 1.54) is 0 Å². The van der Waals surface area contributed by atoms with E-state index in [0.717, 1.165) is 50.5 Å². The molecule has 0 radical (unpaired) electrons. The highest BCUT2D eigenvalue weighted by atomic mass is 19.1. The Labute approximate surface area is 152 Å². The number of ether oxygens (including phenoxy) is 2. The van der Waals surface area contributed by atoms with Crippen molar-refractivity contribution >= 4 is 5.91 Å². The lowest BCUT2D eigenvalue weighted by Crippen LogP contribution is -2.54. The summed E-state index contributed by atoms with van der Waals surface area (Å²) in [6.07, 6.45) is 3.59. The van der Waals surface area contributed by atoms with Gasteiger partial charge in [0.2, 0.25) is 0 Å². The second kappa shape index (κ2) is 7.88. The van der Waals surface area contributed by atoms with E-state index < -0.39 is 11.6 Å². The van der Waals surface area contributed by atoms with Gasteiger partial charge in [-0.25, -0.2) is 8.78 Å². The molecule has 7 heteroatoms. The van der Waals surface area contributed by atoms with Crippen LogP contribution in [0.25, 0.3) is 0 Å². The minimum atomic E-state index is -0.679. The van der Waals surface area contributed by atoms with Gasteiger partial charge in [0.1, 0.15) is 5.82 Å². The minimum Gasteiger partial charge on any atom is -0.481 e. The number of hydrogen-bond donors (Lipinski definition) is 0. The molecular weight excluding hydrogens is 342 g/mol. The third-order valence-electron chi connectivity index (χ3n) is 5.47. The van der Waals surface area contributed by atoms with Crippen LogP contribution in [0.1, 0.15) is 25.7 Å². The van der Waals surface area contributed by atoms with E-state index in [9.17, 15) is 13.6 Å². The molecule has 2 fully saturated rings. The van der Waals surface area contributed by atoms with Crippen LogP contribution in [0.5, 0.6) is 5.75 Å². The maximum absolute atomic E-state index is 13.6. The largest absolute Gasteiger partial charge is 0.481 e. The molecule has 1 aromatic rings. The van der Waals surface area contributed by atoms with E-state index in [0.29, 0.717) is 19.1 Å². The molecule has 0 saturated carbocycles. The number of rotatable bonds is 4. The molecule has 0 aliphatic carbocycles. The Balaban J connectivity index is 1.51. The highest BCUT2D eigenvalue weighted by Gasteiger charge is 2.41. The summed E-state index contributed by atoms with van der Waals surface area (Å²) in [5, 5.41) is 0. The van der Waals surface area contributed by atoms with Gasteiger partial charge >= 0.3 is 0 Å². The Bertz CT molecular complexity index is 646. The molecule has 1 unspecified atom stereocenters. The Kier molecular flexibility index (Phi) is 5.77. The van der Waals surface area contributed by atoms with Crippen molar-refractivity contribution in [2.45, 2.75) is 37.3 Å². The monoisotopic (exact) mass is 368 g/mol. The minimum absolute atomic E-state index is 0.153. The van der Waals surface area contributed by atoms with Crippen LogP contribution in [0.4, 0.5) is 8.78 Å². The third-order valence-corrected chi connectivity index (χ3v) is 5.47. The Morgan fingerprint density at radius 3 is 2.77 bits per heavy atom. The predicted octanol–water partition coefficient (Wildman–Crippen LogP) is 2.45. The molecule has 2 aliphatic heterocycles. The van der Waals surface area contributed by atoms with Crippen LogP contribution in [-0.4, -0.2) is 67.7 Å². The maximum atomic E-state index is 13.6. The second-order valence-electron chi connectivity index (χ2n) is 7.39. The van der Waals surface area contributed by atoms with Gasteiger partial charge in [-0.05, 0) is 51.9 Å². The van der Waals surface area contributed by atoms with Gasteiger partial charge in [0, 0.05) is 31.8 Å². The summed E-state index contributed by atoms with van der Waals surface area (Å²) < 4.78 is 38.0. The van der Waals surface area contributed by atoms with Crippen LogP contribution < -0.4 is 4.74 Å². The molecular formula is C19H26F2N2O3. The first-order valence-corrected chi connectivity index (χ1v) is 9.05. The van der Waals surface area contributed by atoms with Gasteiger partial charge in [0.15, 0.2) is 18.2 Å². The molecule has 1 aromatic carbocycles. The summed E-state index contributed by atoms with van der Waals surface area (Å²) in [7, 11) is 4.18. The number of halogens is 2. The lowest BCUT2D eigenvalue weighted by Gasteiger charge is -2.47. The average molecular weight is 368 g/mol. The Morgan fingerprint density at radius 1 is 1.35 bits per heavy atom. The molecule has 1 spiro atoms. The van der Waals surface area contributed by atoms with Crippen molar-refractivity contribution in [1.29, 1.82) is 0 Å². The smallest absolute Gasteiger partial charge is 0.260 e. The highest BCUT2D eigenvalue weighted by molar-refractivity contribution is 5.77. The molecule has 0 aromatic heterocycles. The summed E-state index contributed by atoms with van der Waals surface area (Å²) in [6, 6.07) is 3.46. The molecule has 5 nitrogen and oxygen atoms in total. The molecule has 0 N–H and O–H groups in total. The second-order valence-corrected chi connectivity index (χ2v) is 7.39. The van der Waals surface area contributed by atoms with Gasteiger partial charge in [-0.3, -0.25) is 4.79 Å². The average Bonchev–Trinajstić information content (AvgIpc) is 2.63. The van der Waals surface area contributed by atoms with E-state index in [1.54, 1.807) is 4.90 Å². The molecule has 3 rings (SSSR count). The molecule has 2 heterocycles. The molecule has 1 atom stereocenters. The van der Waals surface area contributed by atoms with Crippen molar-refractivity contribution < 1.29 is 23.0 Å². The van der Waals surface area contributed by atoms with Crippen molar-refractivity contribution in [1.82, 2.24) is 9.80 Å². The normalized spacial score (nSPS) is 22.7. The van der Waals surface area contributed by atoms with Crippen LogP contribution in [0.15, 0.2) is 18.2 Å². The van der Waals surface area contributed by atoms with E-state index in [2.05, 4.69) is 19.0 Å². The number of carbonyl (C=O) groups is 1. The van der Waals surface area contributed by atoms with E-state index in [4.69, 9.17) is 9.47 Å². The number of benzene rings is 1. The van der Waals surface area contributed by atoms with Gasteiger partial charge < -0.3 is 19.3 Å². The maximum Gasteiger partial charge on any atom is 0.260 e. The van der Waals surface area contributed by atoms with Crippen molar-refractivity contribution in [3.63, 3.8) is 0 Å². The standard InChI is InChI=1S/C19H26F2N2O3/c1-22(2)15-5-10-26-19(12-15)6-8-23(9-7-19)18(24)13-25-17-11-14(20)3-4-16(17)21/h3-4,11,15H,5-10,12-13H2,1-2H3.